The van der Waals surface area contributed by atoms with E-state index in [0.717, 1.165) is 25.2 Å². The number of allylic oxidation sites excluding steroid dienone is 5. The Morgan fingerprint density at radius 3 is 2.16 bits per heavy atom. The van der Waals surface area contributed by atoms with Gasteiger partial charge in [0.25, 0.3) is 0 Å². The van der Waals surface area contributed by atoms with Gasteiger partial charge < -0.3 is 5.11 Å². The summed E-state index contributed by atoms with van der Waals surface area (Å²) in [6.45, 7) is 21.1. The Bertz CT molecular complexity index is 721. The van der Waals surface area contributed by atoms with Crippen LogP contribution in [0.2, 0.25) is 0 Å². The molecular weight excluding hydrogens is 376 g/mol. The fourth-order valence-electron chi connectivity index (χ4n) is 8.36. The minimum atomic E-state index is -0.131. The van der Waals surface area contributed by atoms with Crippen molar-refractivity contribution in [1.29, 1.82) is 0 Å². The molecule has 0 spiro atoms. The first-order valence-corrected chi connectivity index (χ1v) is 13.1. The van der Waals surface area contributed by atoms with E-state index >= 15 is 0 Å². The average molecular weight is 427 g/mol. The number of aliphatic hydroxyl groups is 1. The van der Waals surface area contributed by atoms with Gasteiger partial charge in [-0.2, -0.15) is 0 Å². The van der Waals surface area contributed by atoms with E-state index in [1.807, 2.05) is 0 Å². The van der Waals surface area contributed by atoms with Crippen molar-refractivity contribution in [3.05, 3.63) is 35.5 Å². The summed E-state index contributed by atoms with van der Waals surface area (Å²) < 4.78 is 0. The molecule has 0 aromatic rings. The fraction of sp³-hybridized carbons (Fsp3) is 0.800. The summed E-state index contributed by atoms with van der Waals surface area (Å²) in [4.78, 5) is 0. The lowest BCUT2D eigenvalue weighted by Crippen LogP contribution is -2.58. The van der Waals surface area contributed by atoms with E-state index in [0.29, 0.717) is 22.7 Å². The van der Waals surface area contributed by atoms with Crippen LogP contribution in [0, 0.1) is 34.0 Å². The molecule has 0 saturated heterocycles. The van der Waals surface area contributed by atoms with Crippen molar-refractivity contribution in [2.24, 2.45) is 34.0 Å². The highest BCUT2D eigenvalue weighted by atomic mass is 16.3. The van der Waals surface area contributed by atoms with E-state index in [2.05, 4.69) is 67.2 Å². The van der Waals surface area contributed by atoms with Crippen LogP contribution in [0.3, 0.4) is 0 Å². The van der Waals surface area contributed by atoms with Crippen molar-refractivity contribution in [1.82, 2.24) is 0 Å². The molecule has 0 aromatic heterocycles. The zero-order valence-corrected chi connectivity index (χ0v) is 21.7. The smallest absolute Gasteiger partial charge is 0.0594 e. The third-order valence-electron chi connectivity index (χ3n) is 10.2. The molecule has 0 heterocycles. The minimum absolute atomic E-state index is 0.0528. The maximum Gasteiger partial charge on any atom is 0.0594 e. The number of fused-ring (bicyclic) bond motifs is 3. The third kappa shape index (κ3) is 4.64. The molecule has 1 N–H and O–H groups in total. The van der Waals surface area contributed by atoms with Crippen LogP contribution < -0.4 is 0 Å². The zero-order valence-electron chi connectivity index (χ0n) is 21.7. The zero-order chi connectivity index (χ0) is 23.0. The summed E-state index contributed by atoms with van der Waals surface area (Å²) >= 11 is 0. The minimum Gasteiger partial charge on any atom is -0.393 e. The first kappa shape index (κ1) is 24.8. The maximum absolute atomic E-state index is 10.7. The molecule has 0 amide bonds. The largest absolute Gasteiger partial charge is 0.393 e. The highest BCUT2D eigenvalue weighted by Crippen LogP contribution is 2.70. The normalized spacial score (nSPS) is 39.5. The summed E-state index contributed by atoms with van der Waals surface area (Å²) in [7, 11) is 0. The second-order valence-electron chi connectivity index (χ2n) is 12.7. The van der Waals surface area contributed by atoms with Crippen LogP contribution in [0.4, 0.5) is 0 Å². The third-order valence-corrected chi connectivity index (χ3v) is 10.2. The van der Waals surface area contributed by atoms with Gasteiger partial charge in [0.15, 0.2) is 0 Å². The molecule has 3 fully saturated rings. The lowest BCUT2D eigenvalue weighted by molar-refractivity contribution is -0.166. The predicted molar refractivity (Wildman–Crippen MR) is 135 cm³/mol. The first-order valence-electron chi connectivity index (χ1n) is 13.1. The Morgan fingerprint density at radius 1 is 0.839 bits per heavy atom. The highest BCUT2D eigenvalue weighted by Gasteiger charge is 2.63. The molecular formula is C30H50O. The van der Waals surface area contributed by atoms with E-state index in [4.69, 9.17) is 0 Å². The van der Waals surface area contributed by atoms with Gasteiger partial charge in [0.2, 0.25) is 0 Å². The van der Waals surface area contributed by atoms with Crippen molar-refractivity contribution in [3.8, 4) is 0 Å². The van der Waals surface area contributed by atoms with Crippen molar-refractivity contribution in [2.75, 3.05) is 0 Å². The molecule has 1 heteroatoms. The van der Waals surface area contributed by atoms with Crippen molar-refractivity contribution in [3.63, 3.8) is 0 Å². The van der Waals surface area contributed by atoms with Crippen molar-refractivity contribution < 1.29 is 5.11 Å². The Kier molecular flexibility index (Phi) is 7.37. The summed E-state index contributed by atoms with van der Waals surface area (Å²) in [6.07, 6.45) is 16.8. The van der Waals surface area contributed by atoms with E-state index in [9.17, 15) is 5.11 Å². The molecule has 1 nitrogen and oxygen atoms in total. The number of rotatable bonds is 7. The molecule has 0 bridgehead atoms. The lowest BCUT2D eigenvalue weighted by Gasteiger charge is -2.63. The molecule has 6 atom stereocenters. The number of hydrogen-bond donors (Lipinski definition) is 1. The molecule has 3 saturated carbocycles. The van der Waals surface area contributed by atoms with Crippen LogP contribution in [0.15, 0.2) is 35.5 Å². The van der Waals surface area contributed by atoms with E-state index < -0.39 is 0 Å². The fourth-order valence-corrected chi connectivity index (χ4v) is 8.36. The quantitative estimate of drug-likeness (QED) is 0.404. The van der Waals surface area contributed by atoms with Crippen molar-refractivity contribution in [2.45, 2.75) is 119 Å². The van der Waals surface area contributed by atoms with Gasteiger partial charge in [0.05, 0.1) is 6.10 Å². The monoisotopic (exact) mass is 426 g/mol. The Hall–Kier alpha value is -0.820. The second-order valence-corrected chi connectivity index (χ2v) is 12.7. The number of aliphatic hydroxyl groups excluding tert-OH is 1. The topological polar surface area (TPSA) is 20.2 Å². The van der Waals surface area contributed by atoms with Gasteiger partial charge in [-0.15, -0.1) is 0 Å². The second kappa shape index (κ2) is 9.20. The Morgan fingerprint density at radius 2 is 1.48 bits per heavy atom. The molecule has 3 rings (SSSR count). The van der Waals surface area contributed by atoms with Crippen LogP contribution >= 0.6 is 0 Å². The molecule has 176 valence electrons. The standard InChI is InChI=1S/C30H50O/c1-21(2)11-9-12-22(3)13-10-14-23(4)24-15-16-26-29(24,7)19-17-25-28(5,6)27(31)18-20-30(25,26)8/h11,13,24-27,31H,4,9-10,12,14-20H2,1-3,5-8H3/b22-13+/t24-,25+,26+,27+,29+,30+/m1/s1. The van der Waals surface area contributed by atoms with Crippen molar-refractivity contribution >= 4 is 0 Å². The summed E-state index contributed by atoms with van der Waals surface area (Å²) in [5.74, 6) is 2.12. The summed E-state index contributed by atoms with van der Waals surface area (Å²) in [6, 6.07) is 0. The van der Waals surface area contributed by atoms with Crippen LogP contribution in [0.5, 0.6) is 0 Å². The van der Waals surface area contributed by atoms with Crippen LogP contribution in [-0.2, 0) is 0 Å². The van der Waals surface area contributed by atoms with Crippen LogP contribution in [0.1, 0.15) is 113 Å². The summed E-state index contributed by atoms with van der Waals surface area (Å²) in [5.41, 5.74) is 5.30. The Labute approximate surface area is 193 Å². The van der Waals surface area contributed by atoms with Gasteiger partial charge >= 0.3 is 0 Å². The van der Waals surface area contributed by atoms with E-state index in [1.165, 1.54) is 61.7 Å². The van der Waals surface area contributed by atoms with Crippen LogP contribution in [-0.4, -0.2) is 11.2 Å². The van der Waals surface area contributed by atoms with Gasteiger partial charge in [0, 0.05) is 0 Å². The van der Waals surface area contributed by atoms with Gasteiger partial charge in [-0.3, -0.25) is 0 Å². The van der Waals surface area contributed by atoms with Gasteiger partial charge in [-0.05, 0) is 119 Å². The molecule has 3 aliphatic rings. The predicted octanol–water partition coefficient (Wildman–Crippen LogP) is 8.65. The Balaban J connectivity index is 1.64. The highest BCUT2D eigenvalue weighted by molar-refractivity contribution is 5.19. The molecule has 0 radical (unpaired) electrons. The van der Waals surface area contributed by atoms with Gasteiger partial charge in [-0.1, -0.05) is 63.1 Å². The average Bonchev–Trinajstić information content (AvgIpc) is 3.03. The number of hydrogen-bond acceptors (Lipinski definition) is 1. The SMILES string of the molecule is C=C(CC/C=C(\C)CCC=C(C)C)[C@H]1CC[C@H]2[C@@]1(C)CC[C@H]1C(C)(C)[C@@H](O)CC[C@]21C. The van der Waals surface area contributed by atoms with E-state index in [1.54, 1.807) is 0 Å². The van der Waals surface area contributed by atoms with E-state index in [-0.39, 0.29) is 11.5 Å². The van der Waals surface area contributed by atoms with Gasteiger partial charge in [0.1, 0.15) is 0 Å². The maximum atomic E-state index is 10.7. The van der Waals surface area contributed by atoms with Gasteiger partial charge in [-0.25, -0.2) is 0 Å². The molecule has 0 unspecified atom stereocenters. The summed E-state index contributed by atoms with van der Waals surface area (Å²) in [5, 5.41) is 10.7. The molecule has 0 aromatic carbocycles. The first-order chi connectivity index (χ1) is 14.4. The molecule has 31 heavy (non-hydrogen) atoms. The lowest BCUT2D eigenvalue weighted by atomic mass is 9.42. The molecule has 0 aliphatic heterocycles. The molecule has 3 aliphatic carbocycles. The van der Waals surface area contributed by atoms with Crippen LogP contribution in [0.25, 0.3) is 0 Å².